The number of benzene rings is 1. The maximum absolute atomic E-state index is 13.8. The highest BCUT2D eigenvalue weighted by molar-refractivity contribution is 5.25. The molecule has 4 heteroatoms. The minimum atomic E-state index is -0.128. The molecule has 19 heavy (non-hydrogen) atoms. The van der Waals surface area contributed by atoms with E-state index in [0.717, 1.165) is 37.1 Å². The molecule has 2 N–H and O–H groups in total. The molecule has 0 amide bonds. The van der Waals surface area contributed by atoms with Crippen LogP contribution in [0.3, 0.4) is 0 Å². The normalized spacial score (nSPS) is 18.2. The largest absolute Gasteiger partial charge is 0.326 e. The van der Waals surface area contributed by atoms with Crippen LogP contribution in [0, 0.1) is 5.82 Å². The van der Waals surface area contributed by atoms with Crippen molar-refractivity contribution < 1.29 is 4.39 Å². The van der Waals surface area contributed by atoms with Gasteiger partial charge in [-0.3, -0.25) is 4.90 Å². The van der Waals surface area contributed by atoms with Crippen molar-refractivity contribution in [2.24, 2.45) is 5.73 Å². The quantitative estimate of drug-likeness (QED) is 0.901. The number of hydrogen-bond donors (Lipinski definition) is 1. The van der Waals surface area contributed by atoms with E-state index >= 15 is 0 Å². The molecule has 1 saturated heterocycles. The summed E-state index contributed by atoms with van der Waals surface area (Å²) < 4.78 is 13.8. The van der Waals surface area contributed by atoms with Gasteiger partial charge in [0.25, 0.3) is 0 Å². The molecule has 106 valence electrons. The molecule has 3 nitrogen and oxygen atoms in total. The predicted molar refractivity (Wildman–Crippen MR) is 76.3 cm³/mol. The first-order valence-electron chi connectivity index (χ1n) is 6.96. The molecule has 1 fully saturated rings. The van der Waals surface area contributed by atoms with Gasteiger partial charge in [0.2, 0.25) is 0 Å². The van der Waals surface area contributed by atoms with E-state index in [2.05, 4.69) is 23.9 Å². The van der Waals surface area contributed by atoms with E-state index < -0.39 is 0 Å². The minimum absolute atomic E-state index is 0.128. The third kappa shape index (κ3) is 3.75. The molecule has 0 atom stereocenters. The molecule has 1 aromatic carbocycles. The Kier molecular flexibility index (Phi) is 4.91. The topological polar surface area (TPSA) is 32.5 Å². The summed E-state index contributed by atoms with van der Waals surface area (Å²) in [7, 11) is 4.24. The lowest BCUT2D eigenvalue weighted by Crippen LogP contribution is -2.41. The van der Waals surface area contributed by atoms with Crippen LogP contribution in [0.1, 0.15) is 24.0 Å². The van der Waals surface area contributed by atoms with Crippen LogP contribution < -0.4 is 5.73 Å². The highest BCUT2D eigenvalue weighted by atomic mass is 19.1. The SMILES string of the molecule is CN1CCC(N(C)Cc2cc(CN)ccc2F)CC1. The molecule has 0 saturated carbocycles. The molecule has 0 spiro atoms. The molecule has 0 bridgehead atoms. The van der Waals surface area contributed by atoms with Gasteiger partial charge in [0.05, 0.1) is 0 Å². The standard InChI is InChI=1S/C15H24FN3/c1-18-7-5-14(6-8-18)19(2)11-13-9-12(10-17)3-4-15(13)16/h3-4,9,14H,5-8,10-11,17H2,1-2H3. The van der Waals surface area contributed by atoms with Crippen molar-refractivity contribution in [3.8, 4) is 0 Å². The Morgan fingerprint density at radius 3 is 2.68 bits per heavy atom. The van der Waals surface area contributed by atoms with E-state index in [-0.39, 0.29) is 5.82 Å². The molecule has 1 aliphatic heterocycles. The van der Waals surface area contributed by atoms with Gasteiger partial charge >= 0.3 is 0 Å². The summed E-state index contributed by atoms with van der Waals surface area (Å²) in [4.78, 5) is 4.62. The van der Waals surface area contributed by atoms with Crippen molar-refractivity contribution in [1.82, 2.24) is 9.80 Å². The summed E-state index contributed by atoms with van der Waals surface area (Å²) in [5.74, 6) is -0.128. The van der Waals surface area contributed by atoms with Crippen molar-refractivity contribution in [3.63, 3.8) is 0 Å². The first kappa shape index (κ1) is 14.4. The Labute approximate surface area is 115 Å². The molecule has 1 heterocycles. The molecule has 1 aromatic rings. The Balaban J connectivity index is 2.00. The van der Waals surface area contributed by atoms with Crippen LogP contribution in [-0.2, 0) is 13.1 Å². The van der Waals surface area contributed by atoms with Gasteiger partial charge in [0.15, 0.2) is 0 Å². The van der Waals surface area contributed by atoms with Gasteiger partial charge in [-0.1, -0.05) is 12.1 Å². The summed E-state index contributed by atoms with van der Waals surface area (Å²) in [5, 5.41) is 0. The summed E-state index contributed by atoms with van der Waals surface area (Å²) in [6.07, 6.45) is 2.32. The molecular formula is C15H24FN3. The molecule has 2 rings (SSSR count). The van der Waals surface area contributed by atoms with E-state index in [1.807, 2.05) is 6.07 Å². The number of likely N-dealkylation sites (tertiary alicyclic amines) is 1. The zero-order chi connectivity index (χ0) is 13.8. The summed E-state index contributed by atoms with van der Waals surface area (Å²) in [5.41, 5.74) is 7.36. The predicted octanol–water partition coefficient (Wildman–Crippen LogP) is 1.81. The molecule has 0 unspecified atom stereocenters. The highest BCUT2D eigenvalue weighted by Crippen LogP contribution is 2.18. The number of nitrogens with two attached hydrogens (primary N) is 1. The van der Waals surface area contributed by atoms with Crippen LogP contribution in [0.4, 0.5) is 4.39 Å². The van der Waals surface area contributed by atoms with Crippen LogP contribution in [0.15, 0.2) is 18.2 Å². The van der Waals surface area contributed by atoms with Gasteiger partial charge in [-0.2, -0.15) is 0 Å². The van der Waals surface area contributed by atoms with E-state index in [1.54, 1.807) is 6.07 Å². The second kappa shape index (κ2) is 6.46. The van der Waals surface area contributed by atoms with Gasteiger partial charge in [-0.05, 0) is 51.7 Å². The first-order valence-corrected chi connectivity index (χ1v) is 6.96. The van der Waals surface area contributed by atoms with Crippen LogP contribution in [-0.4, -0.2) is 43.0 Å². The number of piperidine rings is 1. The molecule has 0 radical (unpaired) electrons. The summed E-state index contributed by atoms with van der Waals surface area (Å²) in [6, 6.07) is 5.73. The molecule has 0 aliphatic carbocycles. The Morgan fingerprint density at radius 1 is 1.37 bits per heavy atom. The maximum Gasteiger partial charge on any atom is 0.127 e. The van der Waals surface area contributed by atoms with Crippen molar-refractivity contribution in [2.75, 3.05) is 27.2 Å². The number of halogens is 1. The lowest BCUT2D eigenvalue weighted by atomic mass is 10.0. The molecule has 1 aliphatic rings. The van der Waals surface area contributed by atoms with Crippen molar-refractivity contribution in [1.29, 1.82) is 0 Å². The third-order valence-corrected chi connectivity index (χ3v) is 4.08. The summed E-state index contributed by atoms with van der Waals surface area (Å²) >= 11 is 0. The molecule has 0 aromatic heterocycles. The zero-order valence-electron chi connectivity index (χ0n) is 11.9. The monoisotopic (exact) mass is 265 g/mol. The van der Waals surface area contributed by atoms with Gasteiger partial charge in [0, 0.05) is 24.7 Å². The van der Waals surface area contributed by atoms with Gasteiger partial charge in [0.1, 0.15) is 5.82 Å². The first-order chi connectivity index (χ1) is 9.10. The van der Waals surface area contributed by atoms with E-state index in [9.17, 15) is 4.39 Å². The number of hydrogen-bond acceptors (Lipinski definition) is 3. The van der Waals surface area contributed by atoms with Gasteiger partial charge < -0.3 is 10.6 Å². The average Bonchev–Trinajstić information content (AvgIpc) is 2.42. The second-order valence-electron chi connectivity index (χ2n) is 5.58. The number of rotatable bonds is 4. The Bertz CT molecular complexity index is 414. The van der Waals surface area contributed by atoms with E-state index in [1.165, 1.54) is 6.07 Å². The highest BCUT2D eigenvalue weighted by Gasteiger charge is 2.21. The molecular weight excluding hydrogens is 241 g/mol. The van der Waals surface area contributed by atoms with Crippen molar-refractivity contribution in [2.45, 2.75) is 32.0 Å². The van der Waals surface area contributed by atoms with Crippen molar-refractivity contribution >= 4 is 0 Å². The van der Waals surface area contributed by atoms with E-state index in [4.69, 9.17) is 5.73 Å². The minimum Gasteiger partial charge on any atom is -0.326 e. The van der Waals surface area contributed by atoms with Gasteiger partial charge in [-0.15, -0.1) is 0 Å². The fraction of sp³-hybridized carbons (Fsp3) is 0.600. The zero-order valence-corrected chi connectivity index (χ0v) is 11.9. The second-order valence-corrected chi connectivity index (χ2v) is 5.58. The van der Waals surface area contributed by atoms with Crippen molar-refractivity contribution in [3.05, 3.63) is 35.1 Å². The Morgan fingerprint density at radius 2 is 2.05 bits per heavy atom. The number of nitrogens with zero attached hydrogens (tertiary/aromatic N) is 2. The van der Waals surface area contributed by atoms with Gasteiger partial charge in [-0.25, -0.2) is 4.39 Å². The fourth-order valence-corrected chi connectivity index (χ4v) is 2.71. The lowest BCUT2D eigenvalue weighted by Gasteiger charge is -2.35. The van der Waals surface area contributed by atoms with Crippen LogP contribution >= 0.6 is 0 Å². The summed E-state index contributed by atoms with van der Waals surface area (Å²) in [6.45, 7) is 3.37. The van der Waals surface area contributed by atoms with Crippen LogP contribution in [0.5, 0.6) is 0 Å². The smallest absolute Gasteiger partial charge is 0.127 e. The average molecular weight is 265 g/mol. The lowest BCUT2D eigenvalue weighted by molar-refractivity contribution is 0.138. The van der Waals surface area contributed by atoms with Crippen LogP contribution in [0.2, 0.25) is 0 Å². The van der Waals surface area contributed by atoms with Crippen LogP contribution in [0.25, 0.3) is 0 Å². The van der Waals surface area contributed by atoms with E-state index in [0.29, 0.717) is 19.1 Å². The third-order valence-electron chi connectivity index (χ3n) is 4.08. The maximum atomic E-state index is 13.8. The fourth-order valence-electron chi connectivity index (χ4n) is 2.71. The Hall–Kier alpha value is -0.970.